The van der Waals surface area contributed by atoms with Crippen LogP contribution < -0.4 is 10.6 Å². The fraction of sp³-hybridized carbons (Fsp3) is 0.105. The molecule has 0 aliphatic rings. The Hall–Kier alpha value is -2.27. The van der Waals surface area contributed by atoms with Gasteiger partial charge >= 0.3 is 0 Å². The topological polar surface area (TPSA) is 54.3 Å². The first-order valence-electron chi connectivity index (χ1n) is 7.70. The molecule has 0 aliphatic heterocycles. The molecule has 6 heteroatoms. The van der Waals surface area contributed by atoms with Crippen molar-refractivity contribution in [2.45, 2.75) is 6.04 Å². The van der Waals surface area contributed by atoms with E-state index in [2.05, 4.69) is 10.6 Å². The van der Waals surface area contributed by atoms with E-state index in [1.54, 1.807) is 24.5 Å². The van der Waals surface area contributed by atoms with Crippen LogP contribution in [-0.2, 0) is 4.79 Å². The van der Waals surface area contributed by atoms with Crippen LogP contribution in [-0.4, -0.2) is 12.5 Å². The maximum Gasteiger partial charge on any atom is 0.238 e. The first kappa shape index (κ1) is 17.5. The lowest BCUT2D eigenvalue weighted by Gasteiger charge is -2.17. The summed E-state index contributed by atoms with van der Waals surface area (Å²) in [6.45, 7) is 0.0964. The van der Waals surface area contributed by atoms with E-state index < -0.39 is 0 Å². The third-order valence-electron chi connectivity index (χ3n) is 3.63. The normalized spacial score (nSPS) is 11.9. The molecule has 0 aliphatic carbocycles. The number of hydrogen-bond acceptors (Lipinski definition) is 3. The lowest BCUT2D eigenvalue weighted by Crippen LogP contribution is -2.31. The van der Waals surface area contributed by atoms with Crippen LogP contribution >= 0.6 is 23.2 Å². The molecular weight excluding hydrogens is 359 g/mol. The number of benzene rings is 2. The lowest BCUT2D eigenvalue weighted by atomic mass is 10.0. The number of hydrogen-bond donors (Lipinski definition) is 2. The van der Waals surface area contributed by atoms with Gasteiger partial charge in [0.05, 0.1) is 29.6 Å². The van der Waals surface area contributed by atoms with Gasteiger partial charge in [-0.1, -0.05) is 53.5 Å². The Morgan fingerprint density at radius 1 is 1.04 bits per heavy atom. The van der Waals surface area contributed by atoms with Crippen LogP contribution in [0.5, 0.6) is 0 Å². The number of furan rings is 1. The van der Waals surface area contributed by atoms with Crippen molar-refractivity contribution in [1.82, 2.24) is 5.32 Å². The summed E-state index contributed by atoms with van der Waals surface area (Å²) in [4.78, 5) is 12.3. The number of carbonyl (C=O) groups excluding carboxylic acids is 1. The highest BCUT2D eigenvalue weighted by atomic mass is 35.5. The van der Waals surface area contributed by atoms with Gasteiger partial charge in [-0.25, -0.2) is 0 Å². The highest BCUT2D eigenvalue weighted by Gasteiger charge is 2.17. The molecule has 4 nitrogen and oxygen atoms in total. The van der Waals surface area contributed by atoms with E-state index in [-0.39, 0.29) is 18.5 Å². The fourth-order valence-electron chi connectivity index (χ4n) is 2.46. The molecule has 0 radical (unpaired) electrons. The Kier molecular flexibility index (Phi) is 5.76. The summed E-state index contributed by atoms with van der Waals surface area (Å²) in [6.07, 6.45) is 1.61. The summed E-state index contributed by atoms with van der Waals surface area (Å²) in [7, 11) is 0. The second kappa shape index (κ2) is 8.21. The average Bonchev–Trinajstić information content (AvgIpc) is 3.13. The molecule has 2 aromatic carbocycles. The fourth-order valence-corrected chi connectivity index (χ4v) is 2.92. The van der Waals surface area contributed by atoms with Crippen LogP contribution in [0.2, 0.25) is 10.0 Å². The summed E-state index contributed by atoms with van der Waals surface area (Å²) in [6, 6.07) is 18.2. The molecule has 0 bridgehead atoms. The number of anilines is 1. The molecule has 1 atom stereocenters. The van der Waals surface area contributed by atoms with Crippen LogP contribution in [0.1, 0.15) is 17.4 Å². The molecule has 1 amide bonds. The minimum absolute atomic E-state index is 0.0964. The van der Waals surface area contributed by atoms with Gasteiger partial charge in [-0.15, -0.1) is 0 Å². The predicted octanol–water partition coefficient (Wildman–Crippen LogP) is 4.90. The molecule has 1 heterocycles. The summed E-state index contributed by atoms with van der Waals surface area (Å²) < 4.78 is 5.50. The second-order valence-corrected chi connectivity index (χ2v) is 6.26. The molecule has 0 saturated carbocycles. The molecule has 0 unspecified atom stereocenters. The van der Waals surface area contributed by atoms with Gasteiger partial charge in [0, 0.05) is 5.02 Å². The minimum Gasteiger partial charge on any atom is -0.467 e. The molecular formula is C19H16Cl2N2O2. The summed E-state index contributed by atoms with van der Waals surface area (Å²) in [5, 5.41) is 6.89. The van der Waals surface area contributed by atoms with E-state index in [0.29, 0.717) is 15.7 Å². The molecule has 0 saturated heterocycles. The van der Waals surface area contributed by atoms with Crippen molar-refractivity contribution in [2.24, 2.45) is 0 Å². The van der Waals surface area contributed by atoms with E-state index in [4.69, 9.17) is 27.6 Å². The van der Waals surface area contributed by atoms with Crippen molar-refractivity contribution in [2.75, 3.05) is 11.9 Å². The Balaban J connectivity index is 1.68. The van der Waals surface area contributed by atoms with E-state index in [9.17, 15) is 4.79 Å². The van der Waals surface area contributed by atoms with Crippen molar-refractivity contribution >= 4 is 34.8 Å². The quantitative estimate of drug-likeness (QED) is 0.644. The van der Waals surface area contributed by atoms with Gasteiger partial charge in [-0.2, -0.15) is 0 Å². The minimum atomic E-state index is -0.220. The molecule has 25 heavy (non-hydrogen) atoms. The smallest absolute Gasteiger partial charge is 0.238 e. The van der Waals surface area contributed by atoms with Crippen LogP contribution in [0.15, 0.2) is 71.3 Å². The van der Waals surface area contributed by atoms with Gasteiger partial charge in [-0.3, -0.25) is 10.1 Å². The zero-order valence-electron chi connectivity index (χ0n) is 13.2. The van der Waals surface area contributed by atoms with Crippen molar-refractivity contribution in [3.05, 3.63) is 88.3 Å². The number of rotatable bonds is 6. The van der Waals surface area contributed by atoms with Crippen molar-refractivity contribution in [1.29, 1.82) is 0 Å². The Morgan fingerprint density at radius 3 is 2.52 bits per heavy atom. The van der Waals surface area contributed by atoms with E-state index >= 15 is 0 Å². The highest BCUT2D eigenvalue weighted by molar-refractivity contribution is 6.36. The molecule has 3 rings (SSSR count). The average molecular weight is 375 g/mol. The lowest BCUT2D eigenvalue weighted by molar-refractivity contribution is -0.115. The van der Waals surface area contributed by atoms with Crippen molar-refractivity contribution < 1.29 is 9.21 Å². The third-order valence-corrected chi connectivity index (χ3v) is 4.18. The Morgan fingerprint density at radius 2 is 1.84 bits per heavy atom. The maximum absolute atomic E-state index is 12.3. The van der Waals surface area contributed by atoms with Gasteiger partial charge < -0.3 is 9.73 Å². The third kappa shape index (κ3) is 4.63. The Labute approximate surface area is 155 Å². The van der Waals surface area contributed by atoms with E-state index in [1.165, 1.54) is 0 Å². The number of carbonyl (C=O) groups is 1. The molecule has 128 valence electrons. The molecule has 0 fully saturated rings. The number of nitrogens with one attached hydrogen (secondary N) is 2. The predicted molar refractivity (Wildman–Crippen MR) is 100 cm³/mol. The first-order valence-corrected chi connectivity index (χ1v) is 8.46. The van der Waals surface area contributed by atoms with Crippen LogP contribution in [0.25, 0.3) is 0 Å². The first-order chi connectivity index (χ1) is 12.1. The van der Waals surface area contributed by atoms with Gasteiger partial charge in [0.1, 0.15) is 5.76 Å². The van der Waals surface area contributed by atoms with Gasteiger partial charge in [0.25, 0.3) is 0 Å². The van der Waals surface area contributed by atoms with E-state index in [1.807, 2.05) is 42.5 Å². The molecule has 3 aromatic rings. The highest BCUT2D eigenvalue weighted by Crippen LogP contribution is 2.25. The monoisotopic (exact) mass is 374 g/mol. The summed E-state index contributed by atoms with van der Waals surface area (Å²) in [5.41, 5.74) is 1.53. The number of halogens is 2. The largest absolute Gasteiger partial charge is 0.467 e. The molecule has 2 N–H and O–H groups in total. The van der Waals surface area contributed by atoms with Crippen LogP contribution in [0.4, 0.5) is 5.69 Å². The molecule has 0 spiro atoms. The second-order valence-electron chi connectivity index (χ2n) is 5.41. The van der Waals surface area contributed by atoms with Gasteiger partial charge in [0.2, 0.25) is 5.91 Å². The SMILES string of the molecule is O=C(CN[C@H](c1ccccc1)c1ccco1)Nc1ccc(Cl)cc1Cl. The van der Waals surface area contributed by atoms with Crippen LogP contribution in [0, 0.1) is 0 Å². The summed E-state index contributed by atoms with van der Waals surface area (Å²) in [5.74, 6) is 0.528. The van der Waals surface area contributed by atoms with E-state index in [0.717, 1.165) is 11.3 Å². The Bertz CT molecular complexity index is 836. The van der Waals surface area contributed by atoms with Crippen LogP contribution in [0.3, 0.4) is 0 Å². The standard InChI is InChI=1S/C19H16Cl2N2O2/c20-14-8-9-16(15(21)11-14)23-18(24)12-22-19(17-7-4-10-25-17)13-5-2-1-3-6-13/h1-11,19,22H,12H2,(H,23,24)/t19-/m1/s1. The maximum atomic E-state index is 12.3. The zero-order valence-corrected chi connectivity index (χ0v) is 14.7. The van der Waals surface area contributed by atoms with Gasteiger partial charge in [-0.05, 0) is 35.9 Å². The zero-order chi connectivity index (χ0) is 17.6. The molecule has 1 aromatic heterocycles. The van der Waals surface area contributed by atoms with Crippen molar-refractivity contribution in [3.8, 4) is 0 Å². The van der Waals surface area contributed by atoms with Crippen molar-refractivity contribution in [3.63, 3.8) is 0 Å². The number of amides is 1. The summed E-state index contributed by atoms with van der Waals surface area (Å²) >= 11 is 11.9. The van der Waals surface area contributed by atoms with Gasteiger partial charge in [0.15, 0.2) is 0 Å².